The number of likely N-dealkylation sites (N-methyl/N-ethyl adjacent to an activating group) is 2. The SMILES string of the molecule is CN(C)C(C)(Cc1ncccc1-c1ccccc1)OC(C)(Cc1ncccc1-c1ccccc1)N(C)C. The summed E-state index contributed by atoms with van der Waals surface area (Å²) < 4.78 is 7.11. The molecule has 2 unspecified atom stereocenters. The number of nitrogens with zero attached hydrogens (tertiary/aromatic N) is 4. The molecule has 5 heteroatoms. The Kier molecular flexibility index (Phi) is 8.18. The first kappa shape index (κ1) is 26.7. The fraction of sp³-hybridized carbons (Fsp3) is 0.312. The molecule has 0 fully saturated rings. The number of aromatic nitrogens is 2. The van der Waals surface area contributed by atoms with Gasteiger partial charge in [-0.2, -0.15) is 0 Å². The highest BCUT2D eigenvalue weighted by atomic mass is 16.6. The monoisotopic (exact) mass is 494 g/mol. The molecule has 2 aromatic carbocycles. The van der Waals surface area contributed by atoms with E-state index in [1.165, 1.54) is 0 Å². The lowest BCUT2D eigenvalue weighted by atomic mass is 9.96. The number of ether oxygens (including phenoxy) is 1. The van der Waals surface area contributed by atoms with Crippen molar-refractivity contribution in [1.82, 2.24) is 19.8 Å². The van der Waals surface area contributed by atoms with Crippen molar-refractivity contribution in [3.63, 3.8) is 0 Å². The number of benzene rings is 2. The minimum absolute atomic E-state index is 0.626. The lowest BCUT2D eigenvalue weighted by molar-refractivity contribution is -0.247. The van der Waals surface area contributed by atoms with Crippen LogP contribution in [0.25, 0.3) is 22.3 Å². The van der Waals surface area contributed by atoms with Crippen LogP contribution in [0.4, 0.5) is 0 Å². The second-order valence-electron chi connectivity index (χ2n) is 10.3. The summed E-state index contributed by atoms with van der Waals surface area (Å²) in [5, 5.41) is 0. The summed E-state index contributed by atoms with van der Waals surface area (Å²) in [7, 11) is 8.27. The second kappa shape index (κ2) is 11.3. The molecule has 2 heterocycles. The zero-order valence-corrected chi connectivity index (χ0v) is 22.8. The van der Waals surface area contributed by atoms with Crippen molar-refractivity contribution in [2.75, 3.05) is 28.2 Å². The van der Waals surface area contributed by atoms with Gasteiger partial charge in [0.05, 0.1) is 11.4 Å². The van der Waals surface area contributed by atoms with Crippen molar-refractivity contribution in [2.45, 2.75) is 38.1 Å². The summed E-state index contributed by atoms with van der Waals surface area (Å²) >= 11 is 0. The lowest BCUT2D eigenvalue weighted by Gasteiger charge is -2.47. The molecule has 5 nitrogen and oxygen atoms in total. The van der Waals surface area contributed by atoms with E-state index in [0.717, 1.165) is 33.6 Å². The second-order valence-corrected chi connectivity index (χ2v) is 10.3. The van der Waals surface area contributed by atoms with Gasteiger partial charge in [0, 0.05) is 36.4 Å². The summed E-state index contributed by atoms with van der Waals surface area (Å²) in [6.07, 6.45) is 4.98. The normalized spacial score (nSPS) is 14.9. The standard InChI is InChI=1S/C32H38N4O/c1-31(35(3)4,23-29-27(19-13-21-33-29)25-15-9-7-10-16-25)37-32(2,36(5)6)24-30-28(20-14-22-34-30)26-17-11-8-12-18-26/h7-22H,23-24H2,1-6H3. The summed E-state index contributed by atoms with van der Waals surface area (Å²) in [5.74, 6) is 0. The first-order chi connectivity index (χ1) is 17.7. The topological polar surface area (TPSA) is 41.5 Å². The van der Waals surface area contributed by atoms with Gasteiger partial charge in [-0.1, -0.05) is 72.8 Å². The van der Waals surface area contributed by atoms with Crippen molar-refractivity contribution in [1.29, 1.82) is 0 Å². The van der Waals surface area contributed by atoms with E-state index in [1.807, 2.05) is 36.7 Å². The van der Waals surface area contributed by atoms with Gasteiger partial charge in [0.2, 0.25) is 0 Å². The Morgan fingerprint density at radius 2 is 0.946 bits per heavy atom. The number of hydrogen-bond donors (Lipinski definition) is 0. The fourth-order valence-corrected chi connectivity index (χ4v) is 4.58. The first-order valence-electron chi connectivity index (χ1n) is 12.8. The molecule has 0 aliphatic rings. The molecule has 0 aliphatic carbocycles. The van der Waals surface area contributed by atoms with Crippen LogP contribution >= 0.6 is 0 Å². The number of pyridine rings is 2. The number of rotatable bonds is 10. The average molecular weight is 495 g/mol. The van der Waals surface area contributed by atoms with E-state index in [-0.39, 0.29) is 0 Å². The van der Waals surface area contributed by atoms with E-state index in [0.29, 0.717) is 12.8 Å². The average Bonchev–Trinajstić information content (AvgIpc) is 2.90. The Morgan fingerprint density at radius 3 is 1.30 bits per heavy atom. The highest BCUT2D eigenvalue weighted by molar-refractivity contribution is 5.66. The molecular formula is C32H38N4O. The molecular weight excluding hydrogens is 456 g/mol. The van der Waals surface area contributed by atoms with Gasteiger partial charge in [0.25, 0.3) is 0 Å². The summed E-state index contributed by atoms with van der Waals surface area (Å²) in [4.78, 5) is 13.9. The van der Waals surface area contributed by atoms with Crippen LogP contribution in [0.2, 0.25) is 0 Å². The summed E-state index contributed by atoms with van der Waals surface area (Å²) in [6.45, 7) is 4.30. The van der Waals surface area contributed by atoms with Gasteiger partial charge in [0.1, 0.15) is 11.4 Å². The minimum atomic E-state index is -0.626. The highest BCUT2D eigenvalue weighted by Crippen LogP contribution is 2.34. The molecule has 0 aliphatic heterocycles. The van der Waals surface area contributed by atoms with Crippen LogP contribution in [0.3, 0.4) is 0 Å². The van der Waals surface area contributed by atoms with Crippen LogP contribution in [0.1, 0.15) is 25.2 Å². The Bertz CT molecular complexity index is 1190. The van der Waals surface area contributed by atoms with Gasteiger partial charge < -0.3 is 4.74 Å². The van der Waals surface area contributed by atoms with Gasteiger partial charge in [0.15, 0.2) is 0 Å². The van der Waals surface area contributed by atoms with E-state index < -0.39 is 11.4 Å². The van der Waals surface area contributed by atoms with Crippen LogP contribution < -0.4 is 0 Å². The third kappa shape index (κ3) is 6.13. The zero-order chi connectivity index (χ0) is 26.5. The molecule has 192 valence electrons. The molecule has 0 saturated carbocycles. The predicted octanol–water partition coefficient (Wildman–Crippen LogP) is 6.17. The first-order valence-corrected chi connectivity index (χ1v) is 12.8. The molecule has 2 aromatic heterocycles. The Balaban J connectivity index is 1.68. The van der Waals surface area contributed by atoms with E-state index in [4.69, 9.17) is 14.7 Å². The van der Waals surface area contributed by atoms with Gasteiger partial charge in [-0.15, -0.1) is 0 Å². The number of hydrogen-bond acceptors (Lipinski definition) is 5. The van der Waals surface area contributed by atoms with Crippen molar-refractivity contribution in [3.05, 3.63) is 109 Å². The van der Waals surface area contributed by atoms with Crippen LogP contribution in [0.15, 0.2) is 97.3 Å². The fourth-order valence-electron chi connectivity index (χ4n) is 4.58. The molecule has 4 rings (SSSR count). The van der Waals surface area contributed by atoms with Crippen LogP contribution in [0.5, 0.6) is 0 Å². The predicted molar refractivity (Wildman–Crippen MR) is 152 cm³/mol. The van der Waals surface area contributed by atoms with E-state index in [9.17, 15) is 0 Å². The van der Waals surface area contributed by atoms with Crippen LogP contribution in [-0.4, -0.2) is 59.4 Å². The maximum atomic E-state index is 7.11. The van der Waals surface area contributed by atoms with Gasteiger partial charge >= 0.3 is 0 Å². The smallest absolute Gasteiger partial charge is 0.126 e. The lowest BCUT2D eigenvalue weighted by Crippen LogP contribution is -2.57. The zero-order valence-electron chi connectivity index (χ0n) is 22.8. The molecule has 37 heavy (non-hydrogen) atoms. The van der Waals surface area contributed by atoms with Crippen molar-refractivity contribution < 1.29 is 4.74 Å². The summed E-state index contributed by atoms with van der Waals surface area (Å²) in [5.41, 5.74) is 5.33. The minimum Gasteiger partial charge on any atom is -0.339 e. The van der Waals surface area contributed by atoms with E-state index >= 15 is 0 Å². The van der Waals surface area contributed by atoms with Crippen molar-refractivity contribution in [2.24, 2.45) is 0 Å². The maximum Gasteiger partial charge on any atom is 0.126 e. The Morgan fingerprint density at radius 1 is 0.568 bits per heavy atom. The largest absolute Gasteiger partial charge is 0.339 e. The third-order valence-corrected chi connectivity index (χ3v) is 7.27. The molecule has 0 amide bonds. The van der Waals surface area contributed by atoms with Gasteiger partial charge in [-0.05, 0) is 65.3 Å². The van der Waals surface area contributed by atoms with Crippen molar-refractivity contribution >= 4 is 0 Å². The molecule has 4 aromatic rings. The molecule has 0 saturated heterocycles. The van der Waals surface area contributed by atoms with Gasteiger partial charge in [-0.25, -0.2) is 0 Å². The molecule has 0 spiro atoms. The molecule has 0 N–H and O–H groups in total. The maximum absolute atomic E-state index is 7.11. The molecule has 0 radical (unpaired) electrons. The highest BCUT2D eigenvalue weighted by Gasteiger charge is 2.41. The summed E-state index contributed by atoms with van der Waals surface area (Å²) in [6, 6.07) is 29.1. The Labute approximate surface area is 221 Å². The van der Waals surface area contributed by atoms with E-state index in [1.54, 1.807) is 0 Å². The van der Waals surface area contributed by atoms with Crippen LogP contribution in [-0.2, 0) is 17.6 Å². The van der Waals surface area contributed by atoms with Gasteiger partial charge in [-0.3, -0.25) is 19.8 Å². The molecule has 2 atom stereocenters. The Hall–Kier alpha value is -3.38. The van der Waals surface area contributed by atoms with Crippen LogP contribution in [0, 0.1) is 0 Å². The quantitative estimate of drug-likeness (QED) is 0.247. The third-order valence-electron chi connectivity index (χ3n) is 7.27. The van der Waals surface area contributed by atoms with E-state index in [2.05, 4.69) is 113 Å². The van der Waals surface area contributed by atoms with Crippen molar-refractivity contribution in [3.8, 4) is 22.3 Å². The molecule has 0 bridgehead atoms.